The zero-order valence-corrected chi connectivity index (χ0v) is 35.0. The molecule has 14 rings (SSSR count). The fraction of sp³-hybridized carbons (Fsp3) is 0.0667. The zero-order chi connectivity index (χ0) is 41.9. The predicted octanol–water partition coefficient (Wildman–Crippen LogP) is 16.1. The quantitative estimate of drug-likeness (QED) is 0.173. The first-order chi connectivity index (χ1) is 31.7. The summed E-state index contributed by atoms with van der Waals surface area (Å²) in [4.78, 5) is 0. The van der Waals surface area contributed by atoms with E-state index >= 15 is 0 Å². The molecule has 2 aliphatic rings. The maximum absolute atomic E-state index is 6.78. The molecule has 12 aromatic rings. The fourth-order valence-corrected chi connectivity index (χ4v) is 11.2. The van der Waals surface area contributed by atoms with Gasteiger partial charge in [-0.15, -0.1) is 0 Å². The summed E-state index contributed by atoms with van der Waals surface area (Å²) in [7, 11) is 0. The Morgan fingerprint density at radius 3 is 1.97 bits per heavy atom. The van der Waals surface area contributed by atoms with Crippen molar-refractivity contribution in [1.82, 2.24) is 9.13 Å². The summed E-state index contributed by atoms with van der Waals surface area (Å²) in [6.07, 6.45) is 9.96. The summed E-state index contributed by atoms with van der Waals surface area (Å²) >= 11 is 0. The van der Waals surface area contributed by atoms with Crippen molar-refractivity contribution in [2.24, 2.45) is 0 Å². The second kappa shape index (κ2) is 13.7. The van der Waals surface area contributed by atoms with Crippen LogP contribution in [0, 0.1) is 0 Å². The van der Waals surface area contributed by atoms with Gasteiger partial charge < -0.3 is 18.0 Å². The molecule has 64 heavy (non-hydrogen) atoms. The van der Waals surface area contributed by atoms with E-state index in [4.69, 9.17) is 8.83 Å². The highest BCUT2D eigenvalue weighted by Gasteiger charge is 2.33. The maximum Gasteiger partial charge on any atom is 0.159 e. The number of fused-ring (bicyclic) bond motifs is 13. The topological polar surface area (TPSA) is 36.1 Å². The largest absolute Gasteiger partial charge is 0.456 e. The molecule has 0 fully saturated rings. The van der Waals surface area contributed by atoms with E-state index in [0.717, 1.165) is 68.8 Å². The normalized spacial score (nSPS) is 14.9. The average molecular weight is 821 g/mol. The number of hydrogen-bond donors (Lipinski definition) is 0. The third-order valence-electron chi connectivity index (χ3n) is 14.0. The molecular weight excluding hydrogens is 781 g/mol. The molecule has 0 N–H and O–H groups in total. The summed E-state index contributed by atoms with van der Waals surface area (Å²) in [5.74, 6) is 0.308. The molecule has 0 saturated carbocycles. The number of rotatable bonds is 5. The predicted molar refractivity (Wildman–Crippen MR) is 264 cm³/mol. The summed E-state index contributed by atoms with van der Waals surface area (Å²) < 4.78 is 18.2. The Balaban J connectivity index is 0.991. The average Bonchev–Trinajstić information content (AvgIpc) is 4.12. The Kier molecular flexibility index (Phi) is 7.61. The molecule has 1 atom stereocenters. The van der Waals surface area contributed by atoms with Crippen molar-refractivity contribution in [1.29, 1.82) is 0 Å². The van der Waals surface area contributed by atoms with Gasteiger partial charge >= 0.3 is 0 Å². The minimum absolute atomic E-state index is 0.308. The molecular formula is C60H40N2O2. The first kappa shape index (κ1) is 35.5. The van der Waals surface area contributed by atoms with Crippen molar-refractivity contribution in [3.63, 3.8) is 0 Å². The van der Waals surface area contributed by atoms with E-state index in [9.17, 15) is 0 Å². The lowest BCUT2D eigenvalue weighted by atomic mass is 9.88. The van der Waals surface area contributed by atoms with Crippen molar-refractivity contribution >= 4 is 71.4 Å². The molecule has 0 radical (unpaired) electrons. The molecule has 0 aliphatic heterocycles. The van der Waals surface area contributed by atoms with Gasteiger partial charge in [0.25, 0.3) is 0 Å². The van der Waals surface area contributed by atoms with Crippen LogP contribution in [0.15, 0.2) is 209 Å². The third kappa shape index (κ3) is 5.17. The number of furan rings is 2. The molecule has 0 spiro atoms. The van der Waals surface area contributed by atoms with Crippen LogP contribution in [-0.2, 0) is 12.8 Å². The minimum Gasteiger partial charge on any atom is -0.456 e. The first-order valence-electron chi connectivity index (χ1n) is 22.4. The standard InChI is InChI=1S/C60H40N2O2/c1-2-13-37(14-3-1)39-15-10-16-40(35-39)38-27-30-42(31-28-38)61-49-22-7-4-19-47(49)58-51(61)32-33-52-59(58)57-43(41-29-34-56-48(36-41)45-18-6-8-25-54(45)63-56)20-11-23-50(57)62(52)53-24-12-21-46-44-17-5-9-26-55(44)64-60(46)53/h1-27,29-31,34-36,38H,28,32-33H2. The van der Waals surface area contributed by atoms with Gasteiger partial charge in [0.1, 0.15) is 16.7 Å². The Morgan fingerprint density at radius 1 is 0.453 bits per heavy atom. The summed E-state index contributed by atoms with van der Waals surface area (Å²) in [6, 6.07) is 65.7. The minimum atomic E-state index is 0.308. The number of nitrogens with zero attached hydrogens (tertiary/aromatic N) is 2. The van der Waals surface area contributed by atoms with Crippen LogP contribution in [0.5, 0.6) is 0 Å². The molecule has 0 bridgehead atoms. The van der Waals surface area contributed by atoms with Gasteiger partial charge in [-0.05, 0) is 95.6 Å². The van der Waals surface area contributed by atoms with Crippen LogP contribution in [0.1, 0.15) is 29.3 Å². The summed E-state index contributed by atoms with van der Waals surface area (Å²) in [5, 5.41) is 7.06. The Hall–Kier alpha value is -8.08. The van der Waals surface area contributed by atoms with Gasteiger partial charge in [0, 0.05) is 66.4 Å². The highest BCUT2D eigenvalue weighted by Crippen LogP contribution is 2.51. The second-order valence-electron chi connectivity index (χ2n) is 17.4. The monoisotopic (exact) mass is 820 g/mol. The molecule has 0 saturated heterocycles. The van der Waals surface area contributed by atoms with Crippen LogP contribution in [0.2, 0.25) is 0 Å². The number of aromatic nitrogens is 2. The highest BCUT2D eigenvalue weighted by atomic mass is 16.3. The van der Waals surface area contributed by atoms with Crippen LogP contribution in [-0.4, -0.2) is 9.13 Å². The van der Waals surface area contributed by atoms with Crippen LogP contribution in [0.4, 0.5) is 0 Å². The van der Waals surface area contributed by atoms with E-state index in [0.29, 0.717) is 5.92 Å². The van der Waals surface area contributed by atoms with Crippen LogP contribution < -0.4 is 0 Å². The number of hydrogen-bond acceptors (Lipinski definition) is 2. The lowest BCUT2D eigenvalue weighted by molar-refractivity contribution is 0.664. The zero-order valence-electron chi connectivity index (χ0n) is 35.0. The van der Waals surface area contributed by atoms with Gasteiger partial charge in [-0.1, -0.05) is 152 Å². The van der Waals surface area contributed by atoms with E-state index < -0.39 is 0 Å². The van der Waals surface area contributed by atoms with Crippen molar-refractivity contribution < 1.29 is 8.83 Å². The molecule has 8 aromatic carbocycles. The van der Waals surface area contributed by atoms with E-state index in [-0.39, 0.29) is 0 Å². The van der Waals surface area contributed by atoms with Crippen LogP contribution in [0.3, 0.4) is 0 Å². The molecule has 4 nitrogen and oxygen atoms in total. The lowest BCUT2D eigenvalue weighted by Gasteiger charge is -2.23. The third-order valence-corrected chi connectivity index (χ3v) is 14.0. The number of allylic oxidation sites excluding steroid dienone is 4. The first-order valence-corrected chi connectivity index (χ1v) is 22.4. The van der Waals surface area contributed by atoms with Crippen molar-refractivity contribution in [2.45, 2.75) is 25.2 Å². The van der Waals surface area contributed by atoms with Gasteiger partial charge in [-0.25, -0.2) is 0 Å². The molecule has 302 valence electrons. The number of para-hydroxylation sites is 4. The van der Waals surface area contributed by atoms with Crippen molar-refractivity contribution in [2.75, 3.05) is 0 Å². The van der Waals surface area contributed by atoms with Crippen molar-refractivity contribution in [3.05, 3.63) is 217 Å². The van der Waals surface area contributed by atoms with Gasteiger partial charge in [-0.2, -0.15) is 0 Å². The summed E-state index contributed by atoms with van der Waals surface area (Å²) in [5.41, 5.74) is 19.9. The van der Waals surface area contributed by atoms with Crippen molar-refractivity contribution in [3.8, 4) is 39.1 Å². The maximum atomic E-state index is 6.78. The molecule has 2 aliphatic carbocycles. The SMILES string of the molecule is C1=CC(c2cccc(-c3ccccc3)c2)CC=C1n1c2c(c3ccccc31)-c1c(n(-c3cccc4c3oc3ccccc34)c3cccc(-c4ccc5oc6ccccc6c5c4)c13)CC2. The Morgan fingerprint density at radius 2 is 1.12 bits per heavy atom. The van der Waals surface area contributed by atoms with Crippen LogP contribution in [0.25, 0.3) is 110 Å². The fourth-order valence-electron chi connectivity index (χ4n) is 11.2. The number of benzene rings is 8. The van der Waals surface area contributed by atoms with Gasteiger partial charge in [0.05, 0.1) is 16.7 Å². The summed E-state index contributed by atoms with van der Waals surface area (Å²) in [6.45, 7) is 0. The highest BCUT2D eigenvalue weighted by molar-refractivity contribution is 6.17. The molecule has 4 heterocycles. The molecule has 1 unspecified atom stereocenters. The van der Waals surface area contributed by atoms with E-state index in [1.165, 1.54) is 77.8 Å². The van der Waals surface area contributed by atoms with E-state index in [1.54, 1.807) is 0 Å². The molecule has 4 aromatic heterocycles. The lowest BCUT2D eigenvalue weighted by Crippen LogP contribution is -2.12. The smallest absolute Gasteiger partial charge is 0.159 e. The van der Waals surface area contributed by atoms with E-state index in [1.807, 2.05) is 6.07 Å². The molecule has 0 amide bonds. The molecule has 4 heteroatoms. The Bertz CT molecular complexity index is 3940. The second-order valence-corrected chi connectivity index (χ2v) is 17.4. The van der Waals surface area contributed by atoms with Gasteiger partial charge in [-0.3, -0.25) is 0 Å². The van der Waals surface area contributed by atoms with E-state index in [2.05, 4.69) is 203 Å². The Labute approximate surface area is 369 Å². The van der Waals surface area contributed by atoms with Crippen LogP contribution >= 0.6 is 0 Å². The van der Waals surface area contributed by atoms with Gasteiger partial charge in [0.15, 0.2) is 5.58 Å². The van der Waals surface area contributed by atoms with Gasteiger partial charge in [0.2, 0.25) is 0 Å².